The number of ether oxygens (including phenoxy) is 1. The van der Waals surface area contributed by atoms with E-state index >= 15 is 0 Å². The van der Waals surface area contributed by atoms with Crippen LogP contribution in [0.1, 0.15) is 0 Å². The summed E-state index contributed by atoms with van der Waals surface area (Å²) in [5.74, 6) is -1.77. The predicted octanol–water partition coefficient (Wildman–Crippen LogP) is 2.68. The Morgan fingerprint density at radius 3 is 2.65 bits per heavy atom. The van der Waals surface area contributed by atoms with Gasteiger partial charge >= 0.3 is 0 Å². The molecule has 0 saturated carbocycles. The molecule has 17 heavy (non-hydrogen) atoms. The molecule has 0 radical (unpaired) electrons. The van der Waals surface area contributed by atoms with E-state index in [0.717, 1.165) is 23.5 Å². The van der Waals surface area contributed by atoms with Gasteiger partial charge in [-0.15, -0.1) is 17.0 Å². The van der Waals surface area contributed by atoms with Gasteiger partial charge in [0.05, 0.1) is 16.8 Å². The van der Waals surface area contributed by atoms with Crippen molar-refractivity contribution < 1.29 is 13.5 Å². The zero-order valence-corrected chi connectivity index (χ0v) is 11.5. The Balaban J connectivity index is 0.00000144. The molecule has 1 aromatic carbocycles. The minimum absolute atomic E-state index is 0. The molecule has 1 heterocycles. The molecule has 7 heteroatoms. The van der Waals surface area contributed by atoms with E-state index in [1.54, 1.807) is 11.7 Å². The summed E-state index contributed by atoms with van der Waals surface area (Å²) in [6.45, 7) is 0.891. The summed E-state index contributed by atoms with van der Waals surface area (Å²) in [6.07, 6.45) is 0. The van der Waals surface area contributed by atoms with Crippen molar-refractivity contribution >= 4 is 38.5 Å². The van der Waals surface area contributed by atoms with Gasteiger partial charge in [-0.2, -0.15) is 0 Å². The molecule has 0 atom stereocenters. The van der Waals surface area contributed by atoms with E-state index in [2.05, 4.69) is 0 Å². The molecule has 2 rings (SSSR count). The van der Waals surface area contributed by atoms with Crippen LogP contribution in [0.2, 0.25) is 0 Å². The highest BCUT2D eigenvalue weighted by Crippen LogP contribution is 2.20. The molecular formula is C10H11BrF2N2OS. The maximum Gasteiger partial charge on any atom is 0.182 e. The van der Waals surface area contributed by atoms with E-state index in [0.29, 0.717) is 23.4 Å². The lowest BCUT2D eigenvalue weighted by molar-refractivity contribution is 0.187. The number of benzene rings is 1. The quantitative estimate of drug-likeness (QED) is 0.926. The third kappa shape index (κ3) is 2.72. The summed E-state index contributed by atoms with van der Waals surface area (Å²) in [5.41, 5.74) is 0.533. The van der Waals surface area contributed by atoms with Gasteiger partial charge in [0.1, 0.15) is 0 Å². The van der Waals surface area contributed by atoms with Gasteiger partial charge in [0.2, 0.25) is 0 Å². The Morgan fingerprint density at radius 2 is 2.00 bits per heavy atom. The van der Waals surface area contributed by atoms with Crippen molar-refractivity contribution in [2.75, 3.05) is 13.7 Å². The average Bonchev–Trinajstić information content (AvgIpc) is 2.52. The largest absolute Gasteiger partial charge is 0.383 e. The van der Waals surface area contributed by atoms with E-state index < -0.39 is 11.6 Å². The summed E-state index contributed by atoms with van der Waals surface area (Å²) >= 11 is 1.12. The van der Waals surface area contributed by atoms with Gasteiger partial charge < -0.3 is 9.30 Å². The number of halogens is 3. The van der Waals surface area contributed by atoms with E-state index in [-0.39, 0.29) is 21.8 Å². The highest BCUT2D eigenvalue weighted by Gasteiger charge is 2.10. The van der Waals surface area contributed by atoms with Gasteiger partial charge in [-0.05, 0) is 6.07 Å². The van der Waals surface area contributed by atoms with Crippen molar-refractivity contribution in [3.8, 4) is 0 Å². The first-order valence-electron chi connectivity index (χ1n) is 4.65. The Kier molecular flexibility index (Phi) is 4.79. The van der Waals surface area contributed by atoms with Crippen molar-refractivity contribution in [1.82, 2.24) is 4.57 Å². The summed E-state index contributed by atoms with van der Waals surface area (Å²) in [4.78, 5) is 0.261. The lowest BCUT2D eigenvalue weighted by Crippen LogP contribution is -2.16. The fourth-order valence-corrected chi connectivity index (χ4v) is 2.43. The molecule has 0 amide bonds. The zero-order valence-electron chi connectivity index (χ0n) is 9.00. The average molecular weight is 325 g/mol. The standard InChI is InChI=1S/C10H10F2N2OS.BrH/c1-15-3-2-14-8-4-6(11)7(12)5-9(8)16-10(14)13;/h4-5,13H,2-3H2,1H3;1H. The van der Waals surface area contributed by atoms with Crippen LogP contribution in [-0.4, -0.2) is 18.3 Å². The number of nitrogens with zero attached hydrogens (tertiary/aromatic N) is 1. The first-order valence-corrected chi connectivity index (χ1v) is 5.47. The molecular weight excluding hydrogens is 314 g/mol. The van der Waals surface area contributed by atoms with Crippen LogP contribution in [0, 0.1) is 17.0 Å². The van der Waals surface area contributed by atoms with Crippen LogP contribution in [0.4, 0.5) is 8.78 Å². The molecule has 1 aromatic heterocycles. The topological polar surface area (TPSA) is 38.0 Å². The van der Waals surface area contributed by atoms with Crippen LogP contribution < -0.4 is 4.80 Å². The van der Waals surface area contributed by atoms with Crippen molar-refractivity contribution in [2.24, 2.45) is 0 Å². The highest BCUT2D eigenvalue weighted by molar-refractivity contribution is 8.93. The third-order valence-corrected chi connectivity index (χ3v) is 3.22. The monoisotopic (exact) mass is 324 g/mol. The van der Waals surface area contributed by atoms with Crippen molar-refractivity contribution in [3.63, 3.8) is 0 Å². The van der Waals surface area contributed by atoms with Gasteiger partial charge in [-0.1, -0.05) is 11.3 Å². The summed E-state index contributed by atoms with van der Waals surface area (Å²) < 4.78 is 33.1. The smallest absolute Gasteiger partial charge is 0.182 e. The lowest BCUT2D eigenvalue weighted by atomic mass is 10.3. The molecule has 0 aliphatic carbocycles. The molecule has 0 spiro atoms. The molecule has 0 bridgehead atoms. The lowest BCUT2D eigenvalue weighted by Gasteiger charge is -2.03. The van der Waals surface area contributed by atoms with E-state index in [9.17, 15) is 8.78 Å². The van der Waals surface area contributed by atoms with Crippen LogP contribution in [0.15, 0.2) is 12.1 Å². The number of thiazole rings is 1. The molecule has 0 saturated heterocycles. The van der Waals surface area contributed by atoms with Gasteiger partial charge in [0, 0.05) is 19.7 Å². The number of fused-ring (bicyclic) bond motifs is 1. The van der Waals surface area contributed by atoms with Gasteiger partial charge in [0.15, 0.2) is 16.4 Å². The number of methoxy groups -OCH3 is 1. The fraction of sp³-hybridized carbons (Fsp3) is 0.300. The molecule has 0 aliphatic rings. The predicted molar refractivity (Wildman–Crippen MR) is 67.8 cm³/mol. The van der Waals surface area contributed by atoms with Crippen LogP contribution >= 0.6 is 28.3 Å². The SMILES string of the molecule is Br.COCCn1c(=N)sc2cc(F)c(F)cc21. The first-order chi connectivity index (χ1) is 7.63. The molecule has 3 nitrogen and oxygen atoms in total. The second kappa shape index (κ2) is 5.70. The Morgan fingerprint density at radius 1 is 1.35 bits per heavy atom. The van der Waals surface area contributed by atoms with E-state index in [1.165, 1.54) is 0 Å². The van der Waals surface area contributed by atoms with Crippen LogP contribution in [0.3, 0.4) is 0 Å². The molecule has 0 unspecified atom stereocenters. The number of hydrogen-bond donors (Lipinski definition) is 1. The van der Waals surface area contributed by atoms with Crippen LogP contribution in [0.25, 0.3) is 10.2 Å². The Bertz CT molecular complexity index is 581. The van der Waals surface area contributed by atoms with Gasteiger partial charge in [-0.3, -0.25) is 5.41 Å². The maximum atomic E-state index is 13.1. The summed E-state index contributed by atoms with van der Waals surface area (Å²) in [5, 5.41) is 7.70. The fourth-order valence-electron chi connectivity index (χ4n) is 1.48. The molecule has 0 aliphatic heterocycles. The number of nitrogens with one attached hydrogen (secondary N) is 1. The maximum absolute atomic E-state index is 13.1. The zero-order chi connectivity index (χ0) is 11.7. The van der Waals surface area contributed by atoms with E-state index in [4.69, 9.17) is 10.1 Å². The molecule has 0 fully saturated rings. The number of hydrogen-bond acceptors (Lipinski definition) is 3. The van der Waals surface area contributed by atoms with Gasteiger partial charge in [0.25, 0.3) is 0 Å². The van der Waals surface area contributed by atoms with Crippen molar-refractivity contribution in [3.05, 3.63) is 28.6 Å². The summed E-state index contributed by atoms with van der Waals surface area (Å²) in [7, 11) is 1.55. The van der Waals surface area contributed by atoms with Crippen molar-refractivity contribution in [1.29, 1.82) is 5.41 Å². The van der Waals surface area contributed by atoms with E-state index in [1.807, 2.05) is 0 Å². The second-order valence-corrected chi connectivity index (χ2v) is 4.32. The Hall–Kier alpha value is -0.790. The minimum atomic E-state index is -0.892. The Labute approximate surface area is 111 Å². The number of aromatic nitrogens is 1. The normalized spacial score (nSPS) is 10.5. The molecule has 1 N–H and O–H groups in total. The second-order valence-electron chi connectivity index (χ2n) is 3.29. The first kappa shape index (κ1) is 14.3. The molecule has 2 aromatic rings. The summed E-state index contributed by atoms with van der Waals surface area (Å²) in [6, 6.07) is 2.24. The third-order valence-electron chi connectivity index (χ3n) is 2.26. The van der Waals surface area contributed by atoms with Crippen LogP contribution in [-0.2, 0) is 11.3 Å². The van der Waals surface area contributed by atoms with Crippen molar-refractivity contribution in [2.45, 2.75) is 6.54 Å². The molecule has 94 valence electrons. The van der Waals surface area contributed by atoms with Gasteiger partial charge in [-0.25, -0.2) is 8.78 Å². The number of rotatable bonds is 3. The highest BCUT2D eigenvalue weighted by atomic mass is 79.9. The van der Waals surface area contributed by atoms with Crippen LogP contribution in [0.5, 0.6) is 0 Å². The minimum Gasteiger partial charge on any atom is -0.383 e.